The van der Waals surface area contributed by atoms with E-state index in [1.807, 2.05) is 12.1 Å². The lowest BCUT2D eigenvalue weighted by molar-refractivity contribution is -0.131. The zero-order chi connectivity index (χ0) is 19.4. The van der Waals surface area contributed by atoms with Gasteiger partial charge in [0.05, 0.1) is 5.41 Å². The molecule has 2 rings (SSSR count). The van der Waals surface area contributed by atoms with Crippen molar-refractivity contribution in [2.45, 2.75) is 38.5 Å². The summed E-state index contributed by atoms with van der Waals surface area (Å²) in [6.07, 6.45) is 5.41. The van der Waals surface area contributed by atoms with Crippen LogP contribution in [0.5, 0.6) is 0 Å². The third kappa shape index (κ3) is 9.18. The number of nitrogens with two attached hydrogens (primary N) is 2. The third-order valence-corrected chi connectivity index (χ3v) is 5.23. The number of hydrogen-bond donors (Lipinski definition) is 3. The van der Waals surface area contributed by atoms with Gasteiger partial charge in [-0.2, -0.15) is 0 Å². The van der Waals surface area contributed by atoms with Gasteiger partial charge in [-0.25, -0.2) is 0 Å². The van der Waals surface area contributed by atoms with E-state index in [0.717, 1.165) is 38.5 Å². The van der Waals surface area contributed by atoms with Crippen molar-refractivity contribution in [1.29, 1.82) is 0 Å². The Hall–Kier alpha value is -1.59. The quantitative estimate of drug-likeness (QED) is 0.468. The van der Waals surface area contributed by atoms with Crippen molar-refractivity contribution < 1.29 is 4.79 Å². The van der Waals surface area contributed by atoms with E-state index >= 15 is 0 Å². The number of amides is 1. The maximum absolute atomic E-state index is 12.9. The summed E-state index contributed by atoms with van der Waals surface area (Å²) >= 11 is 0. The molecule has 0 atom stereocenters. The highest BCUT2D eigenvalue weighted by molar-refractivity contribution is 5.85. The molecule has 2 aromatic carbocycles. The largest absolute Gasteiger partial charge is 0.354 e. The van der Waals surface area contributed by atoms with Crippen LogP contribution >= 0.6 is 24.8 Å². The van der Waals surface area contributed by atoms with Gasteiger partial charge >= 0.3 is 0 Å². The van der Waals surface area contributed by atoms with E-state index in [2.05, 4.69) is 53.8 Å². The molecular formula is C23H35Cl2N3O. The Morgan fingerprint density at radius 3 is 1.62 bits per heavy atom. The highest BCUT2D eigenvalue weighted by atomic mass is 35.5. The van der Waals surface area contributed by atoms with Crippen LogP contribution in [0.25, 0.3) is 0 Å². The molecule has 0 bridgehead atoms. The van der Waals surface area contributed by atoms with Crippen LogP contribution in [0, 0.1) is 5.41 Å². The number of aryl methyl sites for hydroxylation is 2. The molecule has 0 aliphatic carbocycles. The molecule has 1 amide bonds. The fourth-order valence-corrected chi connectivity index (χ4v) is 3.57. The number of rotatable bonds is 12. The summed E-state index contributed by atoms with van der Waals surface area (Å²) in [5, 5.41) is 2.98. The number of halogens is 2. The average Bonchev–Trinajstić information content (AvgIpc) is 2.72. The molecule has 0 saturated carbocycles. The Kier molecular flexibility index (Phi) is 14.4. The van der Waals surface area contributed by atoms with Gasteiger partial charge in [0.15, 0.2) is 0 Å². The van der Waals surface area contributed by atoms with Crippen molar-refractivity contribution in [3.05, 3.63) is 71.8 Å². The van der Waals surface area contributed by atoms with Gasteiger partial charge in [0.25, 0.3) is 0 Å². The fraction of sp³-hybridized carbons (Fsp3) is 0.435. The van der Waals surface area contributed by atoms with Crippen molar-refractivity contribution in [3.8, 4) is 0 Å². The Morgan fingerprint density at radius 1 is 0.793 bits per heavy atom. The maximum Gasteiger partial charge on any atom is 0.227 e. The van der Waals surface area contributed by atoms with Gasteiger partial charge < -0.3 is 16.8 Å². The molecule has 6 heteroatoms. The predicted octanol–water partition coefficient (Wildman–Crippen LogP) is 3.90. The van der Waals surface area contributed by atoms with Gasteiger partial charge in [-0.15, -0.1) is 24.8 Å². The van der Waals surface area contributed by atoms with E-state index < -0.39 is 5.41 Å². The molecule has 0 aliphatic rings. The van der Waals surface area contributed by atoms with Crippen LogP contribution in [-0.4, -0.2) is 25.5 Å². The highest BCUT2D eigenvalue weighted by Crippen LogP contribution is 2.31. The summed E-state index contributed by atoms with van der Waals surface area (Å²) in [6, 6.07) is 20.8. The average molecular weight is 440 g/mol. The minimum Gasteiger partial charge on any atom is -0.354 e. The molecule has 5 N–H and O–H groups in total. The third-order valence-electron chi connectivity index (χ3n) is 5.23. The van der Waals surface area contributed by atoms with Crippen molar-refractivity contribution in [2.75, 3.05) is 19.6 Å². The summed E-state index contributed by atoms with van der Waals surface area (Å²) in [7, 11) is 0. The molecule has 0 heterocycles. The van der Waals surface area contributed by atoms with Gasteiger partial charge in [-0.3, -0.25) is 4.79 Å². The summed E-state index contributed by atoms with van der Waals surface area (Å²) in [5.41, 5.74) is 13.8. The molecule has 0 aliphatic heterocycles. The van der Waals surface area contributed by atoms with Crippen LogP contribution in [0.1, 0.15) is 36.8 Å². The van der Waals surface area contributed by atoms with Gasteiger partial charge in [-0.1, -0.05) is 60.7 Å². The highest BCUT2D eigenvalue weighted by Gasteiger charge is 2.35. The van der Waals surface area contributed by atoms with Crippen LogP contribution in [0.3, 0.4) is 0 Å². The summed E-state index contributed by atoms with van der Waals surface area (Å²) in [4.78, 5) is 12.9. The topological polar surface area (TPSA) is 81.1 Å². The van der Waals surface area contributed by atoms with Gasteiger partial charge in [-0.05, 0) is 49.7 Å². The number of nitrogens with one attached hydrogen (secondary N) is 1. The van der Waals surface area contributed by atoms with Crippen LogP contribution in [0.4, 0.5) is 0 Å². The number of hydrogen-bond acceptors (Lipinski definition) is 3. The predicted molar refractivity (Wildman–Crippen MR) is 127 cm³/mol. The van der Waals surface area contributed by atoms with E-state index in [4.69, 9.17) is 11.5 Å². The molecule has 2 aromatic rings. The van der Waals surface area contributed by atoms with Crippen molar-refractivity contribution in [3.63, 3.8) is 0 Å². The molecule has 162 valence electrons. The lowest BCUT2D eigenvalue weighted by atomic mass is 9.76. The van der Waals surface area contributed by atoms with Crippen LogP contribution in [0.15, 0.2) is 60.7 Å². The Bertz CT molecular complexity index is 623. The first-order chi connectivity index (χ1) is 13.2. The Morgan fingerprint density at radius 2 is 1.24 bits per heavy atom. The Labute approximate surface area is 187 Å². The van der Waals surface area contributed by atoms with Crippen LogP contribution in [0.2, 0.25) is 0 Å². The fourth-order valence-electron chi connectivity index (χ4n) is 3.57. The molecule has 29 heavy (non-hydrogen) atoms. The first-order valence-electron chi connectivity index (χ1n) is 9.96. The summed E-state index contributed by atoms with van der Waals surface area (Å²) in [5.74, 6) is 0.0524. The second kappa shape index (κ2) is 15.3. The van der Waals surface area contributed by atoms with Gasteiger partial charge in [0.1, 0.15) is 0 Å². The van der Waals surface area contributed by atoms with Crippen LogP contribution in [-0.2, 0) is 17.6 Å². The van der Waals surface area contributed by atoms with Gasteiger partial charge in [0.2, 0.25) is 5.91 Å². The van der Waals surface area contributed by atoms with E-state index in [1.165, 1.54) is 11.1 Å². The number of benzene rings is 2. The minimum absolute atomic E-state index is 0. The maximum atomic E-state index is 12.9. The van der Waals surface area contributed by atoms with Crippen molar-refractivity contribution in [2.24, 2.45) is 16.9 Å². The second-order valence-electron chi connectivity index (χ2n) is 7.21. The number of carbonyl (C=O) groups is 1. The molecule has 0 radical (unpaired) electrons. The van der Waals surface area contributed by atoms with Crippen LogP contribution < -0.4 is 16.8 Å². The monoisotopic (exact) mass is 439 g/mol. The van der Waals surface area contributed by atoms with Crippen molar-refractivity contribution >= 4 is 30.7 Å². The second-order valence-corrected chi connectivity index (χ2v) is 7.21. The van der Waals surface area contributed by atoms with Crippen molar-refractivity contribution in [1.82, 2.24) is 5.32 Å². The molecule has 0 saturated heterocycles. The lowest BCUT2D eigenvalue weighted by Gasteiger charge is -2.31. The van der Waals surface area contributed by atoms with E-state index in [-0.39, 0.29) is 30.7 Å². The SMILES string of the molecule is Cl.Cl.NCCNC(=O)C(CN)(CCCc1ccccc1)CCCc1ccccc1. The molecule has 0 fully saturated rings. The molecule has 0 aromatic heterocycles. The van der Waals surface area contributed by atoms with E-state index in [1.54, 1.807) is 0 Å². The standard InChI is InChI=1S/C23H33N3O.2ClH/c24-17-18-26-22(27)23(19-25,15-7-13-20-9-3-1-4-10-20)16-8-14-21-11-5-2-6-12-21;;/h1-6,9-12H,7-8,13-19,24-25H2,(H,26,27);2*1H. The molecule has 0 unspecified atom stereocenters. The minimum atomic E-state index is -0.515. The molecule has 0 spiro atoms. The normalized spacial score (nSPS) is 10.6. The molecular weight excluding hydrogens is 405 g/mol. The first-order valence-corrected chi connectivity index (χ1v) is 9.96. The van der Waals surface area contributed by atoms with E-state index in [0.29, 0.717) is 19.6 Å². The summed E-state index contributed by atoms with van der Waals surface area (Å²) < 4.78 is 0. The number of carbonyl (C=O) groups excluding carboxylic acids is 1. The Balaban J connectivity index is 0.00000392. The van der Waals surface area contributed by atoms with Gasteiger partial charge in [0, 0.05) is 19.6 Å². The smallest absolute Gasteiger partial charge is 0.227 e. The lowest BCUT2D eigenvalue weighted by Crippen LogP contribution is -2.47. The molecule has 4 nitrogen and oxygen atoms in total. The first kappa shape index (κ1) is 27.4. The summed E-state index contributed by atoms with van der Waals surface area (Å²) in [6.45, 7) is 1.31. The zero-order valence-electron chi connectivity index (χ0n) is 17.0. The zero-order valence-corrected chi connectivity index (χ0v) is 18.6. The van der Waals surface area contributed by atoms with E-state index in [9.17, 15) is 4.79 Å².